The average Bonchev–Trinajstić information content (AvgIpc) is 2.51. The summed E-state index contributed by atoms with van der Waals surface area (Å²) in [4.78, 5) is 11.7. The molecule has 22 heavy (non-hydrogen) atoms. The fourth-order valence-corrected chi connectivity index (χ4v) is 2.21. The van der Waals surface area contributed by atoms with Crippen molar-refractivity contribution in [2.45, 2.75) is 12.5 Å². The van der Waals surface area contributed by atoms with Gasteiger partial charge < -0.3 is 15.7 Å². The number of urea groups is 1. The monoisotopic (exact) mass is 338 g/mol. The summed E-state index contributed by atoms with van der Waals surface area (Å²) in [5.41, 5.74) is 1.38. The average molecular weight is 339 g/mol. The molecular weight excluding hydrogens is 323 g/mol. The minimum atomic E-state index is -0.605. The Labute approximate surface area is 139 Å². The molecule has 2 amide bonds. The van der Waals surface area contributed by atoms with Crippen LogP contribution in [0.3, 0.4) is 0 Å². The SMILES string of the molecule is O=C(NCC[C@@H](O)c1ccccc1)Nc1ccc(Cl)c(Cl)c1. The van der Waals surface area contributed by atoms with Gasteiger partial charge in [0.25, 0.3) is 0 Å². The molecule has 2 aromatic carbocycles. The van der Waals surface area contributed by atoms with Gasteiger partial charge in [-0.15, -0.1) is 0 Å². The van der Waals surface area contributed by atoms with Crippen LogP contribution in [0.15, 0.2) is 48.5 Å². The zero-order valence-corrected chi connectivity index (χ0v) is 13.2. The smallest absolute Gasteiger partial charge is 0.319 e. The van der Waals surface area contributed by atoms with E-state index in [1.54, 1.807) is 18.2 Å². The third-order valence-corrected chi connectivity index (χ3v) is 3.80. The molecule has 0 saturated heterocycles. The molecule has 0 heterocycles. The fraction of sp³-hybridized carbons (Fsp3) is 0.188. The first-order valence-electron chi connectivity index (χ1n) is 6.79. The number of amides is 2. The highest BCUT2D eigenvalue weighted by molar-refractivity contribution is 6.42. The second kappa shape index (κ2) is 8.03. The van der Waals surface area contributed by atoms with Crippen LogP contribution in [0.25, 0.3) is 0 Å². The third-order valence-electron chi connectivity index (χ3n) is 3.07. The molecule has 0 spiro atoms. The first-order chi connectivity index (χ1) is 10.6. The van der Waals surface area contributed by atoms with Crippen molar-refractivity contribution in [2.75, 3.05) is 11.9 Å². The Morgan fingerprint density at radius 2 is 1.82 bits per heavy atom. The number of halogens is 2. The van der Waals surface area contributed by atoms with Crippen molar-refractivity contribution >= 4 is 34.9 Å². The van der Waals surface area contributed by atoms with Gasteiger partial charge in [-0.05, 0) is 30.2 Å². The van der Waals surface area contributed by atoms with Gasteiger partial charge >= 0.3 is 6.03 Å². The summed E-state index contributed by atoms with van der Waals surface area (Å²) in [6.07, 6.45) is -0.176. The fourth-order valence-electron chi connectivity index (χ4n) is 1.91. The highest BCUT2D eigenvalue weighted by Crippen LogP contribution is 2.24. The maximum absolute atomic E-state index is 11.7. The maximum Gasteiger partial charge on any atom is 0.319 e. The number of aliphatic hydroxyl groups is 1. The molecule has 1 atom stereocenters. The van der Waals surface area contributed by atoms with Crippen LogP contribution in [0, 0.1) is 0 Å². The second-order valence-electron chi connectivity index (χ2n) is 4.72. The minimum Gasteiger partial charge on any atom is -0.388 e. The van der Waals surface area contributed by atoms with Crippen LogP contribution in [-0.2, 0) is 0 Å². The van der Waals surface area contributed by atoms with Crippen LogP contribution in [0.4, 0.5) is 10.5 Å². The molecule has 6 heteroatoms. The van der Waals surface area contributed by atoms with Crippen molar-refractivity contribution in [3.63, 3.8) is 0 Å². The van der Waals surface area contributed by atoms with Gasteiger partial charge in [-0.1, -0.05) is 53.5 Å². The van der Waals surface area contributed by atoms with Gasteiger partial charge in [-0.25, -0.2) is 4.79 Å². The molecule has 0 bridgehead atoms. The molecule has 116 valence electrons. The quantitative estimate of drug-likeness (QED) is 0.763. The van der Waals surface area contributed by atoms with Crippen molar-refractivity contribution < 1.29 is 9.90 Å². The normalized spacial score (nSPS) is 11.8. The van der Waals surface area contributed by atoms with E-state index in [9.17, 15) is 9.90 Å². The zero-order chi connectivity index (χ0) is 15.9. The maximum atomic E-state index is 11.7. The van der Waals surface area contributed by atoms with Crippen molar-refractivity contribution in [1.29, 1.82) is 0 Å². The number of hydrogen-bond donors (Lipinski definition) is 3. The van der Waals surface area contributed by atoms with Crippen LogP contribution in [0.5, 0.6) is 0 Å². The van der Waals surface area contributed by atoms with Crippen molar-refractivity contribution in [1.82, 2.24) is 5.32 Å². The standard InChI is InChI=1S/C16H16Cl2N2O2/c17-13-7-6-12(10-14(13)18)20-16(22)19-9-8-15(21)11-4-2-1-3-5-11/h1-7,10,15,21H,8-9H2,(H2,19,20,22)/t15-/m1/s1. The lowest BCUT2D eigenvalue weighted by atomic mass is 10.1. The van der Waals surface area contributed by atoms with Crippen LogP contribution in [-0.4, -0.2) is 17.7 Å². The molecule has 0 aliphatic rings. The summed E-state index contributed by atoms with van der Waals surface area (Å²) in [6.45, 7) is 0.350. The molecule has 0 aliphatic carbocycles. The van der Waals surface area contributed by atoms with Gasteiger partial charge in [0, 0.05) is 12.2 Å². The number of anilines is 1. The molecule has 2 aromatic rings. The molecule has 0 unspecified atom stereocenters. The van der Waals surface area contributed by atoms with Crippen molar-refractivity contribution in [3.05, 3.63) is 64.1 Å². The molecule has 0 radical (unpaired) electrons. The molecule has 0 aromatic heterocycles. The number of nitrogens with one attached hydrogen (secondary N) is 2. The Morgan fingerprint density at radius 1 is 1.09 bits per heavy atom. The highest BCUT2D eigenvalue weighted by Gasteiger charge is 2.08. The summed E-state index contributed by atoms with van der Waals surface area (Å²) in [5.74, 6) is 0. The highest BCUT2D eigenvalue weighted by atomic mass is 35.5. The number of carbonyl (C=O) groups is 1. The van der Waals surface area contributed by atoms with Gasteiger partial charge in [0.05, 0.1) is 16.1 Å². The summed E-state index contributed by atoms with van der Waals surface area (Å²) >= 11 is 11.7. The first kappa shape index (κ1) is 16.6. The van der Waals surface area contributed by atoms with Crippen LogP contribution >= 0.6 is 23.2 Å². The van der Waals surface area contributed by atoms with E-state index < -0.39 is 6.10 Å². The number of benzene rings is 2. The van der Waals surface area contributed by atoms with Gasteiger partial charge in [0.1, 0.15) is 0 Å². The summed E-state index contributed by atoms with van der Waals surface area (Å²) in [7, 11) is 0. The second-order valence-corrected chi connectivity index (χ2v) is 5.54. The molecule has 3 N–H and O–H groups in total. The van der Waals surface area contributed by atoms with Crippen molar-refractivity contribution in [3.8, 4) is 0 Å². The van der Waals surface area contributed by atoms with E-state index in [-0.39, 0.29) is 6.03 Å². The number of hydrogen-bond acceptors (Lipinski definition) is 2. The Bertz CT molecular complexity index is 635. The summed E-state index contributed by atoms with van der Waals surface area (Å²) in [6, 6.07) is 13.8. The van der Waals surface area contributed by atoms with Gasteiger partial charge in [-0.2, -0.15) is 0 Å². The van der Waals surface area contributed by atoms with E-state index in [4.69, 9.17) is 23.2 Å². The van der Waals surface area contributed by atoms with Crippen LogP contribution in [0.2, 0.25) is 10.0 Å². The molecule has 0 aliphatic heterocycles. The molecule has 2 rings (SSSR count). The van der Waals surface area contributed by atoms with Crippen LogP contribution in [0.1, 0.15) is 18.1 Å². The topological polar surface area (TPSA) is 61.4 Å². The predicted molar refractivity (Wildman–Crippen MR) is 89.5 cm³/mol. The van der Waals surface area contributed by atoms with E-state index in [2.05, 4.69) is 10.6 Å². The van der Waals surface area contributed by atoms with E-state index >= 15 is 0 Å². The molecule has 0 fully saturated rings. The Balaban J connectivity index is 1.77. The largest absolute Gasteiger partial charge is 0.388 e. The Kier molecular flexibility index (Phi) is 6.07. The summed E-state index contributed by atoms with van der Waals surface area (Å²) < 4.78 is 0. The van der Waals surface area contributed by atoms with E-state index in [0.29, 0.717) is 28.7 Å². The minimum absolute atomic E-state index is 0.350. The first-order valence-corrected chi connectivity index (χ1v) is 7.55. The number of rotatable bonds is 5. The van der Waals surface area contributed by atoms with E-state index in [0.717, 1.165) is 5.56 Å². The molecule has 0 saturated carbocycles. The Hall–Kier alpha value is -1.75. The molecule has 4 nitrogen and oxygen atoms in total. The predicted octanol–water partition coefficient (Wildman–Crippen LogP) is 4.24. The number of carbonyl (C=O) groups excluding carboxylic acids is 1. The van der Waals surface area contributed by atoms with Crippen LogP contribution < -0.4 is 10.6 Å². The lowest BCUT2D eigenvalue weighted by Gasteiger charge is -2.12. The van der Waals surface area contributed by atoms with Crippen molar-refractivity contribution in [2.24, 2.45) is 0 Å². The molecular formula is C16H16Cl2N2O2. The van der Waals surface area contributed by atoms with E-state index in [1.807, 2.05) is 30.3 Å². The number of aliphatic hydroxyl groups excluding tert-OH is 1. The lowest BCUT2D eigenvalue weighted by Crippen LogP contribution is -2.30. The summed E-state index contributed by atoms with van der Waals surface area (Å²) in [5, 5.41) is 16.1. The zero-order valence-electron chi connectivity index (χ0n) is 11.7. The Morgan fingerprint density at radius 3 is 2.50 bits per heavy atom. The van der Waals surface area contributed by atoms with Gasteiger partial charge in [-0.3, -0.25) is 0 Å². The van der Waals surface area contributed by atoms with Gasteiger partial charge in [0.2, 0.25) is 0 Å². The lowest BCUT2D eigenvalue weighted by molar-refractivity contribution is 0.167. The third kappa shape index (κ3) is 4.91. The van der Waals surface area contributed by atoms with E-state index in [1.165, 1.54) is 0 Å². The van der Waals surface area contributed by atoms with Gasteiger partial charge in [0.15, 0.2) is 0 Å².